The van der Waals surface area contributed by atoms with Crippen molar-refractivity contribution in [3.8, 4) is 5.75 Å². The van der Waals surface area contributed by atoms with Gasteiger partial charge in [-0.3, -0.25) is 0 Å². The van der Waals surface area contributed by atoms with Crippen molar-refractivity contribution in [1.29, 1.82) is 0 Å². The molecular formula is C23H32FN3O4. The Labute approximate surface area is 182 Å². The van der Waals surface area contributed by atoms with Crippen molar-refractivity contribution >= 4 is 23.2 Å². The summed E-state index contributed by atoms with van der Waals surface area (Å²) in [5.41, 5.74) is 0.998. The van der Waals surface area contributed by atoms with E-state index in [2.05, 4.69) is 36.0 Å². The molecule has 1 amide bonds. The predicted octanol–water partition coefficient (Wildman–Crippen LogP) is 5.21. The number of carbonyl (C=O) groups excluding carboxylic acids is 1. The molecule has 1 saturated heterocycles. The van der Waals surface area contributed by atoms with Crippen LogP contribution in [0.2, 0.25) is 0 Å². The van der Waals surface area contributed by atoms with Crippen LogP contribution >= 0.6 is 0 Å². The Morgan fingerprint density at radius 1 is 1.42 bits per heavy atom. The summed E-state index contributed by atoms with van der Waals surface area (Å²) in [4.78, 5) is 18.6. The Morgan fingerprint density at radius 2 is 2.16 bits per heavy atom. The van der Waals surface area contributed by atoms with Crippen molar-refractivity contribution in [3.63, 3.8) is 0 Å². The van der Waals surface area contributed by atoms with Crippen LogP contribution in [0.15, 0.2) is 34.5 Å². The Morgan fingerprint density at radius 3 is 2.77 bits per heavy atom. The molecule has 1 aromatic carbocycles. The van der Waals surface area contributed by atoms with Crippen molar-refractivity contribution < 1.29 is 23.1 Å². The molecule has 31 heavy (non-hydrogen) atoms. The van der Waals surface area contributed by atoms with Gasteiger partial charge in [-0.1, -0.05) is 6.92 Å². The number of hydrogen-bond donors (Lipinski definition) is 1. The number of anilines is 1. The number of rotatable bonds is 6. The molecule has 0 bridgehead atoms. The molecule has 2 aromatic rings. The van der Waals surface area contributed by atoms with Gasteiger partial charge in [0.05, 0.1) is 6.33 Å². The maximum Gasteiger partial charge on any atom is 0.407 e. The first-order valence-corrected chi connectivity index (χ1v) is 10.5. The van der Waals surface area contributed by atoms with Crippen molar-refractivity contribution in [1.82, 2.24) is 10.3 Å². The molecule has 1 aromatic heterocycles. The van der Waals surface area contributed by atoms with E-state index < -0.39 is 11.7 Å². The van der Waals surface area contributed by atoms with E-state index in [1.165, 1.54) is 0 Å². The minimum absolute atomic E-state index is 0.0116. The second-order valence-corrected chi connectivity index (χ2v) is 9.77. The number of nitrogens with one attached hydrogen (secondary N) is 1. The van der Waals surface area contributed by atoms with E-state index in [0.717, 1.165) is 18.5 Å². The molecule has 3 rings (SSSR count). The van der Waals surface area contributed by atoms with Crippen LogP contribution < -0.4 is 15.0 Å². The average molecular weight is 434 g/mol. The smallest absolute Gasteiger partial charge is 0.407 e. The molecule has 0 saturated carbocycles. The van der Waals surface area contributed by atoms with E-state index in [4.69, 9.17) is 13.9 Å². The van der Waals surface area contributed by atoms with Gasteiger partial charge in [0, 0.05) is 30.3 Å². The van der Waals surface area contributed by atoms with Gasteiger partial charge in [-0.25, -0.2) is 9.18 Å². The molecule has 1 fully saturated rings. The summed E-state index contributed by atoms with van der Waals surface area (Å²) in [6, 6.07) is 5.94. The molecule has 7 nitrogen and oxygen atoms in total. The van der Waals surface area contributed by atoms with Crippen molar-refractivity contribution in [2.24, 2.45) is 5.92 Å². The fraction of sp³-hybridized carbons (Fsp3) is 0.565. The van der Waals surface area contributed by atoms with Crippen LogP contribution in [0.4, 0.5) is 15.2 Å². The Kier molecular flexibility index (Phi) is 6.48. The average Bonchev–Trinajstić information content (AvgIpc) is 3.18. The van der Waals surface area contributed by atoms with Gasteiger partial charge in [-0.05, 0) is 59.1 Å². The van der Waals surface area contributed by atoms with E-state index in [9.17, 15) is 9.18 Å². The molecule has 1 atom stereocenters. The summed E-state index contributed by atoms with van der Waals surface area (Å²) in [5, 5.41) is 2.52. The van der Waals surface area contributed by atoms with Crippen LogP contribution in [0.1, 0.15) is 48.0 Å². The fourth-order valence-electron chi connectivity index (χ4n) is 3.82. The number of aromatic nitrogens is 1. The summed E-state index contributed by atoms with van der Waals surface area (Å²) in [7, 11) is 0. The number of oxazole rings is 1. The van der Waals surface area contributed by atoms with Crippen molar-refractivity contribution in [2.75, 3.05) is 24.6 Å². The number of ether oxygens (including phenoxy) is 2. The van der Waals surface area contributed by atoms with Gasteiger partial charge in [0.15, 0.2) is 5.58 Å². The number of hydrogen-bond acceptors (Lipinski definition) is 6. The maximum absolute atomic E-state index is 13.2. The quantitative estimate of drug-likeness (QED) is 0.674. The minimum atomic E-state index is -0.617. The van der Waals surface area contributed by atoms with Crippen LogP contribution in [-0.2, 0) is 4.74 Å². The molecule has 170 valence electrons. The highest BCUT2D eigenvalue weighted by Gasteiger charge is 2.38. The third-order valence-corrected chi connectivity index (χ3v) is 5.09. The molecule has 0 spiro atoms. The fourth-order valence-corrected chi connectivity index (χ4v) is 3.82. The molecule has 0 aliphatic carbocycles. The van der Waals surface area contributed by atoms with E-state index in [-0.39, 0.29) is 24.3 Å². The molecule has 1 unspecified atom stereocenters. The lowest BCUT2D eigenvalue weighted by Gasteiger charge is -2.29. The van der Waals surface area contributed by atoms with Gasteiger partial charge in [-0.15, -0.1) is 0 Å². The van der Waals surface area contributed by atoms with Gasteiger partial charge in [0.1, 0.15) is 23.5 Å². The summed E-state index contributed by atoms with van der Waals surface area (Å²) in [5.74, 6) is 1.10. The Hall–Kier alpha value is -2.77. The van der Waals surface area contributed by atoms with Crippen LogP contribution in [-0.4, -0.2) is 41.9 Å². The lowest BCUT2D eigenvalue weighted by Crippen LogP contribution is -2.38. The summed E-state index contributed by atoms with van der Waals surface area (Å²) in [6.07, 6.45) is 0.899. The summed E-state index contributed by atoms with van der Waals surface area (Å²) >= 11 is 0. The zero-order valence-electron chi connectivity index (χ0n) is 19.1. The largest absolute Gasteiger partial charge is 0.489 e. The highest BCUT2D eigenvalue weighted by atomic mass is 19.1. The third kappa shape index (κ3) is 5.89. The van der Waals surface area contributed by atoms with Crippen LogP contribution in [0.25, 0.3) is 11.1 Å². The number of benzene rings is 1. The summed E-state index contributed by atoms with van der Waals surface area (Å²) in [6.45, 7) is 12.8. The van der Waals surface area contributed by atoms with Crippen molar-refractivity contribution in [2.45, 2.75) is 59.1 Å². The maximum atomic E-state index is 13.2. The van der Waals surface area contributed by atoms with Gasteiger partial charge in [0.25, 0.3) is 6.01 Å². The zero-order chi connectivity index (χ0) is 22.8. The molecular weight excluding hydrogens is 401 g/mol. The molecule has 1 aliphatic heterocycles. The summed E-state index contributed by atoms with van der Waals surface area (Å²) < 4.78 is 30.1. The zero-order valence-corrected chi connectivity index (χ0v) is 19.1. The van der Waals surface area contributed by atoms with Gasteiger partial charge in [0.2, 0.25) is 0 Å². The number of nitrogens with zero attached hydrogens (tertiary/aromatic N) is 2. The van der Waals surface area contributed by atoms with E-state index in [0.29, 0.717) is 29.6 Å². The number of fused-ring (bicyclic) bond motifs is 1. The molecule has 0 radical (unpaired) electrons. The van der Waals surface area contributed by atoms with Gasteiger partial charge in [-0.2, -0.15) is 4.98 Å². The standard InChI is InChI=1S/C23H32FN3O4/c1-15-10-23(5,6)27(13-15)20-26-18-8-7-17(9-19(18)30-20)29-14-16(11-24)12-25-21(28)31-22(2,3)4/h7-9,11,15H,10,12-14H2,1-6H3,(H,25,28). The first-order valence-electron chi connectivity index (χ1n) is 10.5. The second-order valence-electron chi connectivity index (χ2n) is 9.77. The van der Waals surface area contributed by atoms with E-state index in [1.807, 2.05) is 6.07 Å². The highest BCUT2D eigenvalue weighted by molar-refractivity contribution is 5.76. The molecule has 8 heteroatoms. The molecule has 1 N–H and O–H groups in total. The first kappa shape index (κ1) is 22.9. The van der Waals surface area contributed by atoms with Gasteiger partial charge < -0.3 is 24.1 Å². The SMILES string of the molecule is CC1CN(c2nc3ccc(OCC(=CF)CNC(=O)OC(C)(C)C)cc3o2)C(C)(C)C1. The Bertz CT molecular complexity index is 961. The van der Waals surface area contributed by atoms with E-state index in [1.54, 1.807) is 32.9 Å². The third-order valence-electron chi connectivity index (χ3n) is 5.09. The number of carbonyl (C=O) groups is 1. The lowest BCUT2D eigenvalue weighted by atomic mass is 9.98. The van der Waals surface area contributed by atoms with Crippen LogP contribution in [0, 0.1) is 5.92 Å². The first-order chi connectivity index (χ1) is 14.5. The normalized spacial score (nSPS) is 19.0. The second kappa shape index (κ2) is 8.77. The van der Waals surface area contributed by atoms with Crippen LogP contribution in [0.5, 0.6) is 5.75 Å². The minimum Gasteiger partial charge on any atom is -0.489 e. The Balaban J connectivity index is 1.61. The highest BCUT2D eigenvalue weighted by Crippen LogP contribution is 2.37. The number of halogens is 1. The monoisotopic (exact) mass is 433 g/mol. The lowest BCUT2D eigenvalue weighted by molar-refractivity contribution is 0.0531. The van der Waals surface area contributed by atoms with Crippen LogP contribution in [0.3, 0.4) is 0 Å². The topological polar surface area (TPSA) is 76.8 Å². The van der Waals surface area contributed by atoms with Gasteiger partial charge >= 0.3 is 6.09 Å². The van der Waals surface area contributed by atoms with E-state index >= 15 is 0 Å². The van der Waals surface area contributed by atoms with Crippen molar-refractivity contribution in [3.05, 3.63) is 30.1 Å². The molecule has 2 heterocycles. The molecule has 1 aliphatic rings. The number of amides is 1. The number of alkyl carbamates (subject to hydrolysis) is 1. The predicted molar refractivity (Wildman–Crippen MR) is 118 cm³/mol.